The number of aromatic nitrogens is 1. The molecule has 2 rings (SSSR count). The molecule has 1 aromatic carbocycles. The summed E-state index contributed by atoms with van der Waals surface area (Å²) in [6.07, 6.45) is -2.43. The highest BCUT2D eigenvalue weighted by Crippen LogP contribution is 2.17. The van der Waals surface area contributed by atoms with Crippen LogP contribution in [0.25, 0.3) is 0 Å². The Kier molecular flexibility index (Phi) is 6.32. The van der Waals surface area contributed by atoms with Gasteiger partial charge in [-0.3, -0.25) is 0 Å². The van der Waals surface area contributed by atoms with Crippen molar-refractivity contribution in [3.8, 4) is 0 Å². The van der Waals surface area contributed by atoms with E-state index in [0.29, 0.717) is 0 Å². The van der Waals surface area contributed by atoms with Crippen LogP contribution in [0.2, 0.25) is 0 Å². The molecule has 0 saturated heterocycles. The van der Waals surface area contributed by atoms with Crippen molar-refractivity contribution in [1.29, 1.82) is 0 Å². The van der Waals surface area contributed by atoms with Gasteiger partial charge in [-0.25, -0.2) is 9.78 Å². The summed E-state index contributed by atoms with van der Waals surface area (Å²) in [6, 6.07) is 10.3. The van der Waals surface area contributed by atoms with E-state index in [9.17, 15) is 13.2 Å². The molecular formula is C13H13F3N2O2S. The van der Waals surface area contributed by atoms with Gasteiger partial charge in [-0.1, -0.05) is 30.3 Å². The molecule has 2 aromatic rings. The number of hydrogen-bond donors (Lipinski definition) is 2. The van der Waals surface area contributed by atoms with Crippen LogP contribution in [0.5, 0.6) is 0 Å². The van der Waals surface area contributed by atoms with Crippen LogP contribution in [-0.4, -0.2) is 22.2 Å². The highest BCUT2D eigenvalue weighted by molar-refractivity contribution is 7.09. The van der Waals surface area contributed by atoms with Crippen LogP contribution < -0.4 is 5.73 Å². The van der Waals surface area contributed by atoms with Gasteiger partial charge in [0.2, 0.25) is 0 Å². The van der Waals surface area contributed by atoms with E-state index in [4.69, 9.17) is 15.6 Å². The van der Waals surface area contributed by atoms with Crippen LogP contribution >= 0.6 is 11.3 Å². The van der Waals surface area contributed by atoms with Crippen molar-refractivity contribution in [3.05, 3.63) is 52.5 Å². The van der Waals surface area contributed by atoms with E-state index in [1.807, 2.05) is 23.6 Å². The van der Waals surface area contributed by atoms with Gasteiger partial charge in [0.15, 0.2) is 0 Å². The van der Waals surface area contributed by atoms with E-state index in [-0.39, 0.29) is 6.04 Å². The first kappa shape index (κ1) is 17.1. The van der Waals surface area contributed by atoms with Crippen LogP contribution in [0.15, 0.2) is 41.9 Å². The summed E-state index contributed by atoms with van der Waals surface area (Å²) >= 11 is 1.61. The predicted molar refractivity (Wildman–Crippen MR) is 72.9 cm³/mol. The van der Waals surface area contributed by atoms with Crippen molar-refractivity contribution >= 4 is 17.3 Å². The minimum atomic E-state index is -5.08. The fraction of sp³-hybridized carbons (Fsp3) is 0.231. The fourth-order valence-electron chi connectivity index (χ4n) is 1.37. The SMILES string of the molecule is NC(Cc1ccccc1)c1nccs1.O=C(O)C(F)(F)F. The summed E-state index contributed by atoms with van der Waals surface area (Å²) in [5, 5.41) is 10.1. The molecule has 0 bridgehead atoms. The zero-order valence-electron chi connectivity index (χ0n) is 10.7. The Balaban J connectivity index is 0.000000270. The van der Waals surface area contributed by atoms with Gasteiger partial charge >= 0.3 is 12.1 Å². The van der Waals surface area contributed by atoms with Crippen molar-refractivity contribution in [1.82, 2.24) is 4.98 Å². The minimum Gasteiger partial charge on any atom is -0.475 e. The lowest BCUT2D eigenvalue weighted by atomic mass is 10.1. The molecule has 8 heteroatoms. The number of hydrogen-bond acceptors (Lipinski definition) is 4. The quantitative estimate of drug-likeness (QED) is 0.912. The molecule has 0 aliphatic rings. The van der Waals surface area contributed by atoms with Gasteiger partial charge < -0.3 is 10.8 Å². The maximum atomic E-state index is 10.6. The third kappa shape index (κ3) is 6.37. The molecule has 0 aliphatic carbocycles. The molecule has 1 unspecified atom stereocenters. The van der Waals surface area contributed by atoms with E-state index in [1.54, 1.807) is 17.5 Å². The highest BCUT2D eigenvalue weighted by Gasteiger charge is 2.38. The Labute approximate surface area is 123 Å². The summed E-state index contributed by atoms with van der Waals surface area (Å²) < 4.78 is 31.7. The summed E-state index contributed by atoms with van der Waals surface area (Å²) in [4.78, 5) is 13.1. The van der Waals surface area contributed by atoms with Crippen LogP contribution in [0.1, 0.15) is 16.6 Å². The number of nitrogens with two attached hydrogens (primary N) is 1. The molecule has 3 N–H and O–H groups in total. The lowest BCUT2D eigenvalue weighted by molar-refractivity contribution is -0.192. The number of halogens is 3. The van der Waals surface area contributed by atoms with E-state index in [1.165, 1.54) is 5.56 Å². The van der Waals surface area contributed by atoms with E-state index in [2.05, 4.69) is 17.1 Å². The zero-order valence-corrected chi connectivity index (χ0v) is 11.6. The number of benzene rings is 1. The molecule has 0 saturated carbocycles. The third-order valence-corrected chi connectivity index (χ3v) is 3.22. The summed E-state index contributed by atoms with van der Waals surface area (Å²) in [5.74, 6) is -2.76. The summed E-state index contributed by atoms with van der Waals surface area (Å²) in [5.41, 5.74) is 7.28. The number of thiazole rings is 1. The molecule has 0 fully saturated rings. The first-order chi connectivity index (χ1) is 9.80. The number of alkyl halides is 3. The second kappa shape index (κ2) is 7.75. The topological polar surface area (TPSA) is 76.2 Å². The summed E-state index contributed by atoms with van der Waals surface area (Å²) in [7, 11) is 0. The second-order valence-electron chi connectivity index (χ2n) is 3.97. The van der Waals surface area contributed by atoms with E-state index < -0.39 is 12.1 Å². The molecule has 4 nitrogen and oxygen atoms in total. The van der Waals surface area contributed by atoms with Crippen molar-refractivity contribution in [2.45, 2.75) is 18.6 Å². The average Bonchev–Trinajstić information content (AvgIpc) is 2.93. The second-order valence-corrected chi connectivity index (χ2v) is 4.90. The average molecular weight is 318 g/mol. The van der Waals surface area contributed by atoms with Crippen LogP contribution in [0.3, 0.4) is 0 Å². The van der Waals surface area contributed by atoms with Crippen LogP contribution in [0.4, 0.5) is 13.2 Å². The smallest absolute Gasteiger partial charge is 0.475 e. The van der Waals surface area contributed by atoms with E-state index >= 15 is 0 Å². The molecular weight excluding hydrogens is 305 g/mol. The minimum absolute atomic E-state index is 0.0254. The van der Waals surface area contributed by atoms with Gasteiger partial charge in [0, 0.05) is 11.6 Å². The number of nitrogens with zero attached hydrogens (tertiary/aromatic N) is 1. The predicted octanol–water partition coefficient (Wildman–Crippen LogP) is 3.02. The van der Waals surface area contributed by atoms with Gasteiger partial charge in [0.25, 0.3) is 0 Å². The van der Waals surface area contributed by atoms with Gasteiger partial charge in [0.05, 0.1) is 6.04 Å². The largest absolute Gasteiger partial charge is 0.490 e. The maximum Gasteiger partial charge on any atom is 0.490 e. The molecule has 0 aliphatic heterocycles. The maximum absolute atomic E-state index is 10.6. The van der Waals surface area contributed by atoms with Gasteiger partial charge in [-0.2, -0.15) is 13.2 Å². The van der Waals surface area contributed by atoms with Crippen molar-refractivity contribution in [2.24, 2.45) is 5.73 Å². The van der Waals surface area contributed by atoms with Gasteiger partial charge in [-0.05, 0) is 12.0 Å². The molecule has 114 valence electrons. The molecule has 0 spiro atoms. The lowest BCUT2D eigenvalue weighted by Gasteiger charge is -2.07. The highest BCUT2D eigenvalue weighted by atomic mass is 32.1. The fourth-order valence-corrected chi connectivity index (χ4v) is 2.01. The molecule has 1 heterocycles. The van der Waals surface area contributed by atoms with Crippen LogP contribution in [-0.2, 0) is 11.2 Å². The molecule has 21 heavy (non-hydrogen) atoms. The molecule has 0 radical (unpaired) electrons. The Morgan fingerprint density at radius 2 is 1.90 bits per heavy atom. The number of rotatable bonds is 3. The van der Waals surface area contributed by atoms with Crippen molar-refractivity contribution < 1.29 is 23.1 Å². The number of aliphatic carboxylic acids is 1. The van der Waals surface area contributed by atoms with Crippen molar-refractivity contribution in [3.63, 3.8) is 0 Å². The van der Waals surface area contributed by atoms with Crippen molar-refractivity contribution in [2.75, 3.05) is 0 Å². The normalized spacial score (nSPS) is 12.2. The monoisotopic (exact) mass is 318 g/mol. The zero-order chi connectivity index (χ0) is 15.9. The molecule has 1 aromatic heterocycles. The first-order valence-electron chi connectivity index (χ1n) is 5.79. The number of carboxylic acids is 1. The van der Waals surface area contributed by atoms with Gasteiger partial charge in [0.1, 0.15) is 5.01 Å². The van der Waals surface area contributed by atoms with Gasteiger partial charge in [-0.15, -0.1) is 11.3 Å². The van der Waals surface area contributed by atoms with E-state index in [0.717, 1.165) is 11.4 Å². The molecule has 0 amide bonds. The number of carboxylic acid groups (broad SMARTS) is 1. The third-order valence-electron chi connectivity index (χ3n) is 2.31. The first-order valence-corrected chi connectivity index (χ1v) is 6.67. The Morgan fingerprint density at radius 3 is 2.33 bits per heavy atom. The number of carbonyl (C=O) groups is 1. The Bertz CT molecular complexity index is 544. The Hall–Kier alpha value is -1.93. The standard InChI is InChI=1S/C11H12N2S.C2HF3O2/c12-10(11-13-6-7-14-11)8-9-4-2-1-3-5-9;3-2(4,5)1(6)7/h1-7,10H,8,12H2;(H,6,7). The van der Waals surface area contributed by atoms with Crippen LogP contribution in [0, 0.1) is 0 Å². The Morgan fingerprint density at radius 1 is 1.33 bits per heavy atom. The lowest BCUT2D eigenvalue weighted by Crippen LogP contribution is -2.21. The summed E-state index contributed by atoms with van der Waals surface area (Å²) in [6.45, 7) is 0. The molecule has 1 atom stereocenters.